The van der Waals surface area contributed by atoms with E-state index < -0.39 is 16.4 Å². The number of para-hydroxylation sites is 1. The Morgan fingerprint density at radius 3 is 2.77 bits per heavy atom. The molecule has 0 amide bonds. The number of rotatable bonds is 5. The summed E-state index contributed by atoms with van der Waals surface area (Å²) in [6.07, 6.45) is 1.33. The first-order chi connectivity index (χ1) is 12.6. The maximum Gasteiger partial charge on any atom is 0.311 e. The molecule has 0 fully saturated rings. The quantitative estimate of drug-likeness (QED) is 0.367. The summed E-state index contributed by atoms with van der Waals surface area (Å²) in [6.45, 7) is 0. The lowest BCUT2D eigenvalue weighted by atomic mass is 10.2. The van der Waals surface area contributed by atoms with E-state index in [1.807, 2.05) is 36.4 Å². The zero-order valence-corrected chi connectivity index (χ0v) is 13.2. The maximum atomic E-state index is 10.9. The van der Waals surface area contributed by atoms with Crippen LogP contribution < -0.4 is 5.32 Å². The van der Waals surface area contributed by atoms with Crippen molar-refractivity contribution in [2.45, 2.75) is 0 Å². The summed E-state index contributed by atoms with van der Waals surface area (Å²) in [4.78, 5) is 14.3. The summed E-state index contributed by atoms with van der Waals surface area (Å²) in [5.41, 5.74) is 0.942. The number of nitro benzene ring substituents is 1. The van der Waals surface area contributed by atoms with Crippen molar-refractivity contribution in [1.29, 1.82) is 5.26 Å². The highest BCUT2D eigenvalue weighted by molar-refractivity contribution is 5.84. The summed E-state index contributed by atoms with van der Waals surface area (Å²) < 4.78 is 0. The minimum Gasteiger partial charge on any atom is -0.502 e. The van der Waals surface area contributed by atoms with E-state index in [9.17, 15) is 20.5 Å². The number of nitro groups is 1. The van der Waals surface area contributed by atoms with Crippen LogP contribution in [0.4, 0.5) is 23.0 Å². The molecule has 3 rings (SSSR count). The zero-order chi connectivity index (χ0) is 18.5. The average Bonchev–Trinajstić information content (AvgIpc) is 3.03. The van der Waals surface area contributed by atoms with Crippen LogP contribution in [0.15, 0.2) is 53.5 Å². The van der Waals surface area contributed by atoms with Crippen molar-refractivity contribution < 1.29 is 10.0 Å². The van der Waals surface area contributed by atoms with Crippen molar-refractivity contribution in [3.63, 3.8) is 0 Å². The van der Waals surface area contributed by atoms with Gasteiger partial charge in [0, 0.05) is 18.0 Å². The summed E-state index contributed by atoms with van der Waals surface area (Å²) in [5, 5.41) is 39.4. The normalized spacial score (nSPS) is 10.6. The average molecular weight is 348 g/mol. The molecular formula is C17H12N6O3. The number of aromatic amines is 1. The van der Waals surface area contributed by atoms with Gasteiger partial charge in [0.1, 0.15) is 17.5 Å². The molecule has 0 saturated heterocycles. The largest absolute Gasteiger partial charge is 0.502 e. The van der Waals surface area contributed by atoms with E-state index in [4.69, 9.17) is 0 Å². The Morgan fingerprint density at radius 1 is 1.31 bits per heavy atom. The third-order valence-corrected chi connectivity index (χ3v) is 3.43. The highest BCUT2D eigenvalue weighted by atomic mass is 16.6. The van der Waals surface area contributed by atoms with Gasteiger partial charge in [-0.1, -0.05) is 18.2 Å². The number of anilines is 2. The second-order valence-corrected chi connectivity index (χ2v) is 5.16. The van der Waals surface area contributed by atoms with E-state index in [1.54, 1.807) is 0 Å². The molecule has 0 atom stereocenters. The number of aromatic hydroxyl groups is 1. The first-order valence-corrected chi connectivity index (χ1v) is 7.40. The molecule has 9 heteroatoms. The van der Waals surface area contributed by atoms with Crippen LogP contribution in [0.5, 0.6) is 5.75 Å². The number of H-pyrrole nitrogens is 1. The van der Waals surface area contributed by atoms with Gasteiger partial charge in [0.25, 0.3) is 0 Å². The van der Waals surface area contributed by atoms with Crippen LogP contribution in [-0.4, -0.2) is 26.4 Å². The van der Waals surface area contributed by atoms with Crippen LogP contribution in [-0.2, 0) is 0 Å². The molecular weight excluding hydrogens is 336 g/mol. The van der Waals surface area contributed by atoms with Crippen molar-refractivity contribution in [3.8, 4) is 11.8 Å². The number of hydrogen-bond acceptors (Lipinski definition) is 7. The van der Waals surface area contributed by atoms with Crippen LogP contribution >= 0.6 is 0 Å². The Bertz CT molecular complexity index is 1020. The smallest absolute Gasteiger partial charge is 0.311 e. The number of nitrogens with one attached hydrogen (secondary N) is 2. The van der Waals surface area contributed by atoms with Crippen LogP contribution in [0.1, 0.15) is 11.1 Å². The Labute approximate surface area is 147 Å². The summed E-state index contributed by atoms with van der Waals surface area (Å²) in [5.74, 6) is 0.100. The number of phenols is 1. The lowest BCUT2D eigenvalue weighted by Gasteiger charge is -2.02. The van der Waals surface area contributed by atoms with Gasteiger partial charge in [0.15, 0.2) is 11.6 Å². The zero-order valence-electron chi connectivity index (χ0n) is 13.2. The van der Waals surface area contributed by atoms with Crippen molar-refractivity contribution >= 4 is 29.2 Å². The van der Waals surface area contributed by atoms with Gasteiger partial charge in [0.2, 0.25) is 0 Å². The standard InChI is InChI=1S/C17H12N6O3/c18-9-13-16(21-22-17(13)20-12-4-2-1-3-5-12)19-10-11-6-7-15(24)14(8-11)23(25)26/h1-8,10,24H,(H2,20,21,22). The van der Waals surface area contributed by atoms with Gasteiger partial charge >= 0.3 is 5.69 Å². The fourth-order valence-electron chi connectivity index (χ4n) is 2.19. The van der Waals surface area contributed by atoms with Gasteiger partial charge in [-0.05, 0) is 29.8 Å². The molecule has 0 saturated carbocycles. The molecule has 1 aromatic heterocycles. The molecule has 9 nitrogen and oxygen atoms in total. The van der Waals surface area contributed by atoms with Gasteiger partial charge in [-0.2, -0.15) is 10.4 Å². The van der Waals surface area contributed by atoms with Crippen molar-refractivity contribution in [2.75, 3.05) is 5.32 Å². The van der Waals surface area contributed by atoms with E-state index >= 15 is 0 Å². The third-order valence-electron chi connectivity index (χ3n) is 3.43. The van der Waals surface area contributed by atoms with E-state index in [1.165, 1.54) is 24.4 Å². The van der Waals surface area contributed by atoms with E-state index in [-0.39, 0.29) is 11.4 Å². The monoisotopic (exact) mass is 348 g/mol. The van der Waals surface area contributed by atoms with Gasteiger partial charge in [-0.25, -0.2) is 4.99 Å². The number of aliphatic imine (C=N–C) groups is 1. The lowest BCUT2D eigenvalue weighted by molar-refractivity contribution is -0.385. The Balaban J connectivity index is 1.87. The van der Waals surface area contributed by atoms with Crippen LogP contribution in [0, 0.1) is 21.4 Å². The van der Waals surface area contributed by atoms with Gasteiger partial charge in [0.05, 0.1) is 4.92 Å². The second kappa shape index (κ2) is 7.14. The molecule has 0 aliphatic carbocycles. The minimum absolute atomic E-state index is 0.140. The molecule has 3 aromatic rings. The molecule has 0 bridgehead atoms. The topological polar surface area (TPSA) is 140 Å². The Kier molecular flexibility index (Phi) is 4.58. The summed E-state index contributed by atoms with van der Waals surface area (Å²) in [6, 6.07) is 15.1. The highest BCUT2D eigenvalue weighted by Gasteiger charge is 2.14. The SMILES string of the molecule is N#Cc1c(N=Cc2ccc(O)c([N+](=O)[O-])c2)n[nH]c1Nc1ccccc1. The van der Waals surface area contributed by atoms with E-state index in [2.05, 4.69) is 20.5 Å². The minimum atomic E-state index is -0.691. The number of nitrogens with zero attached hydrogens (tertiary/aromatic N) is 4. The predicted molar refractivity (Wildman–Crippen MR) is 95.0 cm³/mol. The van der Waals surface area contributed by atoms with Crippen LogP contribution in [0.2, 0.25) is 0 Å². The molecule has 26 heavy (non-hydrogen) atoms. The number of hydrogen-bond donors (Lipinski definition) is 3. The Hall–Kier alpha value is -4.19. The maximum absolute atomic E-state index is 10.9. The molecule has 0 unspecified atom stereocenters. The van der Waals surface area contributed by atoms with Gasteiger partial charge < -0.3 is 10.4 Å². The van der Waals surface area contributed by atoms with Gasteiger partial charge in [-0.3, -0.25) is 15.2 Å². The van der Waals surface area contributed by atoms with Crippen molar-refractivity contribution in [3.05, 3.63) is 69.8 Å². The lowest BCUT2D eigenvalue weighted by Crippen LogP contribution is -1.92. The fourth-order valence-corrected chi connectivity index (χ4v) is 2.19. The molecule has 1 heterocycles. The third kappa shape index (κ3) is 3.49. The fraction of sp³-hybridized carbons (Fsp3) is 0. The molecule has 0 spiro atoms. The van der Waals surface area contributed by atoms with E-state index in [0.717, 1.165) is 5.69 Å². The number of aromatic nitrogens is 2. The first kappa shape index (κ1) is 16.7. The van der Waals surface area contributed by atoms with Crippen LogP contribution in [0.3, 0.4) is 0 Å². The second-order valence-electron chi connectivity index (χ2n) is 5.16. The van der Waals surface area contributed by atoms with Crippen molar-refractivity contribution in [1.82, 2.24) is 10.2 Å². The predicted octanol–water partition coefficient (Wildman–Crippen LogP) is 3.39. The van der Waals surface area contributed by atoms with Crippen LogP contribution in [0.25, 0.3) is 0 Å². The number of phenolic OH excluding ortho intramolecular Hbond substituents is 1. The summed E-state index contributed by atoms with van der Waals surface area (Å²) in [7, 11) is 0. The van der Waals surface area contributed by atoms with Gasteiger partial charge in [-0.15, -0.1) is 0 Å². The molecule has 128 valence electrons. The highest BCUT2D eigenvalue weighted by Crippen LogP contribution is 2.27. The van der Waals surface area contributed by atoms with E-state index in [0.29, 0.717) is 11.4 Å². The molecule has 0 radical (unpaired) electrons. The number of benzene rings is 2. The Morgan fingerprint density at radius 2 is 2.08 bits per heavy atom. The molecule has 0 aliphatic heterocycles. The molecule has 3 N–H and O–H groups in total. The van der Waals surface area contributed by atoms with Crippen molar-refractivity contribution in [2.24, 2.45) is 4.99 Å². The first-order valence-electron chi connectivity index (χ1n) is 7.40. The summed E-state index contributed by atoms with van der Waals surface area (Å²) >= 11 is 0. The molecule has 2 aromatic carbocycles. The molecule has 0 aliphatic rings. The number of nitriles is 1.